The number of amides is 1. The molecule has 0 radical (unpaired) electrons. The summed E-state index contributed by atoms with van der Waals surface area (Å²) in [5, 5.41) is 3.68. The maximum Gasteiger partial charge on any atom is 0.291 e. The molecule has 0 saturated carbocycles. The van der Waals surface area contributed by atoms with Gasteiger partial charge in [-0.15, -0.1) is 0 Å². The smallest absolute Gasteiger partial charge is 0.291 e. The molecule has 0 spiro atoms. The fourth-order valence-corrected chi connectivity index (χ4v) is 2.61. The molecular weight excluding hydrogens is 318 g/mol. The van der Waals surface area contributed by atoms with Gasteiger partial charge in [0.25, 0.3) is 5.91 Å². The van der Waals surface area contributed by atoms with E-state index in [0.29, 0.717) is 23.3 Å². The van der Waals surface area contributed by atoms with E-state index in [-0.39, 0.29) is 17.4 Å². The molecule has 1 N–H and O–H groups in total. The molecule has 2 aromatic heterocycles. The zero-order valence-corrected chi connectivity index (χ0v) is 13.1. The molecule has 2 heterocycles. The molecule has 1 amide bonds. The highest BCUT2D eigenvalue weighted by Crippen LogP contribution is 2.25. The lowest BCUT2D eigenvalue weighted by Gasteiger charge is -2.05. The average Bonchev–Trinajstić information content (AvgIpc) is 3.28. The van der Waals surface area contributed by atoms with Crippen molar-refractivity contribution in [3.63, 3.8) is 0 Å². The Hall–Kier alpha value is -3.60. The molecule has 5 heteroatoms. The molecular formula is C20H13NO4. The van der Waals surface area contributed by atoms with Crippen LogP contribution in [0.25, 0.3) is 22.3 Å². The van der Waals surface area contributed by atoms with Crippen molar-refractivity contribution in [3.05, 3.63) is 78.3 Å². The molecule has 0 saturated heterocycles. The first-order valence-electron chi connectivity index (χ1n) is 7.68. The number of para-hydroxylation sites is 1. The Morgan fingerprint density at radius 3 is 2.60 bits per heavy atom. The SMILES string of the molecule is O=Cc1ccc(-c2cccc(NC(=O)c3cc4ccccc4o3)c2)o1. The Labute approximate surface area is 142 Å². The van der Waals surface area contributed by atoms with Gasteiger partial charge in [-0.3, -0.25) is 9.59 Å². The number of anilines is 1. The summed E-state index contributed by atoms with van der Waals surface area (Å²) in [5.41, 5.74) is 2.03. The van der Waals surface area contributed by atoms with Crippen LogP contribution in [0, 0.1) is 0 Å². The molecule has 5 nitrogen and oxygen atoms in total. The zero-order chi connectivity index (χ0) is 17.2. The molecule has 4 aromatic rings. The molecule has 0 unspecified atom stereocenters. The number of hydrogen-bond acceptors (Lipinski definition) is 4. The van der Waals surface area contributed by atoms with Crippen LogP contribution < -0.4 is 5.32 Å². The van der Waals surface area contributed by atoms with Gasteiger partial charge in [0.2, 0.25) is 0 Å². The average molecular weight is 331 g/mol. The van der Waals surface area contributed by atoms with E-state index in [1.165, 1.54) is 0 Å². The van der Waals surface area contributed by atoms with Crippen LogP contribution in [0.5, 0.6) is 0 Å². The fraction of sp³-hybridized carbons (Fsp3) is 0. The van der Waals surface area contributed by atoms with Crippen molar-refractivity contribution in [3.8, 4) is 11.3 Å². The highest BCUT2D eigenvalue weighted by molar-refractivity contribution is 6.04. The third-order valence-electron chi connectivity index (χ3n) is 3.80. The van der Waals surface area contributed by atoms with Gasteiger partial charge in [0.05, 0.1) is 0 Å². The van der Waals surface area contributed by atoms with Gasteiger partial charge >= 0.3 is 0 Å². The van der Waals surface area contributed by atoms with Gasteiger partial charge in [0.15, 0.2) is 17.8 Å². The maximum absolute atomic E-state index is 12.4. The highest BCUT2D eigenvalue weighted by Gasteiger charge is 2.13. The second-order valence-corrected chi connectivity index (χ2v) is 5.50. The summed E-state index contributed by atoms with van der Waals surface area (Å²) in [6, 6.07) is 19.6. The van der Waals surface area contributed by atoms with E-state index in [9.17, 15) is 9.59 Å². The second-order valence-electron chi connectivity index (χ2n) is 5.50. The Kier molecular flexibility index (Phi) is 3.67. The lowest BCUT2D eigenvalue weighted by molar-refractivity contribution is 0.0998. The summed E-state index contributed by atoms with van der Waals surface area (Å²) >= 11 is 0. The topological polar surface area (TPSA) is 72.5 Å². The van der Waals surface area contributed by atoms with Gasteiger partial charge in [-0.2, -0.15) is 0 Å². The molecule has 2 aromatic carbocycles. The first-order chi connectivity index (χ1) is 12.2. The van der Waals surface area contributed by atoms with Gasteiger partial charge in [-0.25, -0.2) is 0 Å². The number of benzene rings is 2. The van der Waals surface area contributed by atoms with Crippen molar-refractivity contribution < 1.29 is 18.4 Å². The molecule has 122 valence electrons. The molecule has 4 rings (SSSR count). The highest BCUT2D eigenvalue weighted by atomic mass is 16.4. The first kappa shape index (κ1) is 15.0. The van der Waals surface area contributed by atoms with E-state index in [1.54, 1.807) is 36.4 Å². The van der Waals surface area contributed by atoms with E-state index >= 15 is 0 Å². The predicted octanol–water partition coefficient (Wildman–Crippen LogP) is 4.76. The molecule has 0 atom stereocenters. The number of furan rings is 2. The number of fused-ring (bicyclic) bond motifs is 1. The third-order valence-corrected chi connectivity index (χ3v) is 3.80. The predicted molar refractivity (Wildman–Crippen MR) is 93.7 cm³/mol. The maximum atomic E-state index is 12.4. The summed E-state index contributed by atoms with van der Waals surface area (Å²) in [6.45, 7) is 0. The summed E-state index contributed by atoms with van der Waals surface area (Å²) in [4.78, 5) is 23.1. The van der Waals surface area contributed by atoms with Crippen molar-refractivity contribution in [2.24, 2.45) is 0 Å². The minimum Gasteiger partial charge on any atom is -0.453 e. The van der Waals surface area contributed by atoms with Crippen molar-refractivity contribution in [2.75, 3.05) is 5.32 Å². The summed E-state index contributed by atoms with van der Waals surface area (Å²) in [5.74, 6) is 0.725. The molecule has 0 aliphatic carbocycles. The van der Waals surface area contributed by atoms with E-state index in [0.717, 1.165) is 10.9 Å². The standard InChI is InChI=1S/C20H13NO4/c22-12-16-8-9-18(24-16)13-5-3-6-15(10-13)21-20(23)19-11-14-4-1-2-7-17(14)25-19/h1-12H,(H,21,23). The quantitative estimate of drug-likeness (QED) is 0.547. The fourth-order valence-electron chi connectivity index (χ4n) is 2.61. The lowest BCUT2D eigenvalue weighted by atomic mass is 10.1. The number of carbonyl (C=O) groups is 2. The zero-order valence-electron chi connectivity index (χ0n) is 13.1. The van der Waals surface area contributed by atoms with Gasteiger partial charge < -0.3 is 14.2 Å². The number of carbonyl (C=O) groups excluding carboxylic acids is 2. The van der Waals surface area contributed by atoms with Crippen molar-refractivity contribution in [1.29, 1.82) is 0 Å². The molecule has 25 heavy (non-hydrogen) atoms. The molecule has 0 bridgehead atoms. The van der Waals surface area contributed by atoms with Crippen molar-refractivity contribution >= 4 is 28.8 Å². The number of rotatable bonds is 4. The summed E-state index contributed by atoms with van der Waals surface area (Å²) in [7, 11) is 0. The minimum absolute atomic E-state index is 0.243. The normalized spacial score (nSPS) is 10.7. The number of hydrogen-bond donors (Lipinski definition) is 1. The Balaban J connectivity index is 1.58. The molecule has 0 fully saturated rings. The van der Waals surface area contributed by atoms with E-state index in [2.05, 4.69) is 5.32 Å². The molecule has 0 aliphatic rings. The second kappa shape index (κ2) is 6.13. The van der Waals surface area contributed by atoms with Crippen LogP contribution >= 0.6 is 0 Å². The van der Waals surface area contributed by atoms with E-state index < -0.39 is 0 Å². The van der Waals surface area contributed by atoms with Crippen LogP contribution in [0.15, 0.2) is 75.6 Å². The minimum atomic E-state index is -0.332. The van der Waals surface area contributed by atoms with Gasteiger partial charge in [0, 0.05) is 16.6 Å². The summed E-state index contributed by atoms with van der Waals surface area (Å²) in [6.07, 6.45) is 0.650. The van der Waals surface area contributed by atoms with Crippen LogP contribution in [0.4, 0.5) is 5.69 Å². The monoisotopic (exact) mass is 331 g/mol. The first-order valence-corrected chi connectivity index (χ1v) is 7.68. The van der Waals surface area contributed by atoms with Crippen LogP contribution in [0.3, 0.4) is 0 Å². The Morgan fingerprint density at radius 1 is 0.920 bits per heavy atom. The van der Waals surface area contributed by atoms with Gasteiger partial charge in [-0.1, -0.05) is 30.3 Å². The lowest BCUT2D eigenvalue weighted by Crippen LogP contribution is -2.10. The van der Waals surface area contributed by atoms with E-state index in [1.807, 2.05) is 30.3 Å². The van der Waals surface area contributed by atoms with Crippen molar-refractivity contribution in [2.45, 2.75) is 0 Å². The Morgan fingerprint density at radius 2 is 1.80 bits per heavy atom. The number of nitrogens with one attached hydrogen (secondary N) is 1. The molecule has 0 aliphatic heterocycles. The van der Waals surface area contributed by atoms with Crippen LogP contribution in [-0.4, -0.2) is 12.2 Å². The Bertz CT molecular complexity index is 1040. The van der Waals surface area contributed by atoms with Crippen LogP contribution in [0.1, 0.15) is 21.1 Å². The summed E-state index contributed by atoms with van der Waals surface area (Å²) < 4.78 is 11.0. The van der Waals surface area contributed by atoms with E-state index in [4.69, 9.17) is 8.83 Å². The van der Waals surface area contributed by atoms with Crippen LogP contribution in [0.2, 0.25) is 0 Å². The third kappa shape index (κ3) is 2.95. The number of aldehydes is 1. The van der Waals surface area contributed by atoms with Crippen molar-refractivity contribution in [1.82, 2.24) is 0 Å². The van der Waals surface area contributed by atoms with Gasteiger partial charge in [0.1, 0.15) is 11.3 Å². The van der Waals surface area contributed by atoms with Gasteiger partial charge in [-0.05, 0) is 36.4 Å². The largest absolute Gasteiger partial charge is 0.453 e. The van der Waals surface area contributed by atoms with Crippen LogP contribution in [-0.2, 0) is 0 Å².